The molecule has 0 saturated carbocycles. The van der Waals surface area contributed by atoms with Crippen molar-refractivity contribution >= 4 is 22.5 Å². The van der Waals surface area contributed by atoms with Crippen molar-refractivity contribution in [1.82, 2.24) is 4.98 Å². The molecule has 5 nitrogen and oxygen atoms in total. The second-order valence-electron chi connectivity index (χ2n) is 7.68. The summed E-state index contributed by atoms with van der Waals surface area (Å²) in [6.45, 7) is -7.24. The number of aromatic hydroxyl groups is 1. The van der Waals surface area contributed by atoms with Gasteiger partial charge in [-0.2, -0.15) is 0 Å². The molecule has 0 saturated heterocycles. The lowest BCUT2D eigenvalue weighted by molar-refractivity contribution is 0.102. The van der Waals surface area contributed by atoms with Crippen LogP contribution in [0.5, 0.6) is 5.75 Å². The third-order valence-electron chi connectivity index (χ3n) is 4.29. The standard InChI is InChI=1S/C24H28N2O3/c1-23(2,3)16-11-17(24(4,5)6)20(27)12-19(16)26-22(29)15-13-25-18-10-8-7-9-14(18)21(15)28/h7-13,27H,1-6H3,(H,25,28)(H,26,29)/i1D3,2D3,3D3,11D,12D,13D. The van der Waals surface area contributed by atoms with Crippen molar-refractivity contribution in [3.05, 3.63) is 69.4 Å². The minimum atomic E-state index is -3.88. The number of aromatic nitrogens is 1. The lowest BCUT2D eigenvalue weighted by atomic mass is 9.79. The summed E-state index contributed by atoms with van der Waals surface area (Å²) in [6, 6.07) is 3.81. The number of fused-ring (bicyclic) bond motifs is 1. The van der Waals surface area contributed by atoms with Crippen molar-refractivity contribution in [3.63, 3.8) is 0 Å². The predicted octanol–water partition coefficient (Wildman–Crippen LogP) is 5.08. The number of phenolic OH excluding ortho intramolecular Hbond substituents is 1. The lowest BCUT2D eigenvalue weighted by Gasteiger charge is -2.28. The zero-order valence-electron chi connectivity index (χ0n) is 28.1. The van der Waals surface area contributed by atoms with Gasteiger partial charge in [0.2, 0.25) is 5.43 Å². The number of hydrogen-bond donors (Lipinski definition) is 3. The molecule has 0 atom stereocenters. The van der Waals surface area contributed by atoms with E-state index in [1.54, 1.807) is 6.07 Å². The van der Waals surface area contributed by atoms with Gasteiger partial charge in [0.15, 0.2) is 0 Å². The van der Waals surface area contributed by atoms with Crippen LogP contribution in [-0.2, 0) is 10.8 Å². The molecule has 5 heteroatoms. The number of carbonyl (C=O) groups is 1. The molecule has 152 valence electrons. The van der Waals surface area contributed by atoms with Crippen LogP contribution in [0.2, 0.25) is 0 Å². The number of amides is 1. The first-order chi connectivity index (χ1) is 18.4. The fourth-order valence-corrected chi connectivity index (χ4v) is 2.86. The van der Waals surface area contributed by atoms with E-state index in [-0.39, 0.29) is 10.9 Å². The zero-order valence-corrected chi connectivity index (χ0v) is 16.1. The van der Waals surface area contributed by atoms with Gasteiger partial charge in [-0.25, -0.2) is 0 Å². The van der Waals surface area contributed by atoms with Gasteiger partial charge in [0, 0.05) is 41.1 Å². The predicted molar refractivity (Wildman–Crippen MR) is 118 cm³/mol. The van der Waals surface area contributed by atoms with Crippen molar-refractivity contribution < 1.29 is 26.4 Å². The smallest absolute Gasteiger partial charge is 0.261 e. The van der Waals surface area contributed by atoms with Crippen molar-refractivity contribution in [2.24, 2.45) is 0 Å². The largest absolute Gasteiger partial charge is 0.508 e. The Balaban J connectivity index is 2.55. The molecule has 3 N–H and O–H groups in total. The second kappa shape index (κ2) is 7.07. The Morgan fingerprint density at radius 3 is 2.45 bits per heavy atom. The highest BCUT2D eigenvalue weighted by Gasteiger charge is 2.26. The fourth-order valence-electron chi connectivity index (χ4n) is 2.86. The molecule has 1 heterocycles. The molecular weight excluding hydrogens is 364 g/mol. The lowest BCUT2D eigenvalue weighted by Crippen LogP contribution is -2.25. The van der Waals surface area contributed by atoms with E-state index in [0.29, 0.717) is 0 Å². The van der Waals surface area contributed by atoms with Crippen molar-refractivity contribution in [2.45, 2.75) is 52.2 Å². The highest BCUT2D eigenvalue weighted by molar-refractivity contribution is 6.06. The van der Waals surface area contributed by atoms with Gasteiger partial charge in [0.25, 0.3) is 5.91 Å². The summed E-state index contributed by atoms with van der Waals surface area (Å²) in [6.07, 6.45) is -0.686. The van der Waals surface area contributed by atoms with Crippen LogP contribution in [-0.4, -0.2) is 16.0 Å². The maximum absolute atomic E-state index is 13.5. The Bertz CT molecular complexity index is 1560. The van der Waals surface area contributed by atoms with Crippen LogP contribution >= 0.6 is 0 Å². The van der Waals surface area contributed by atoms with E-state index >= 15 is 0 Å². The quantitative estimate of drug-likeness (QED) is 0.557. The molecular formula is C24H28N2O3. The van der Waals surface area contributed by atoms with Crippen molar-refractivity contribution in [3.8, 4) is 5.75 Å². The van der Waals surface area contributed by atoms with E-state index in [0.717, 1.165) is 0 Å². The fraction of sp³-hybridized carbons (Fsp3) is 0.333. The van der Waals surface area contributed by atoms with Crippen molar-refractivity contribution in [2.75, 3.05) is 5.32 Å². The highest BCUT2D eigenvalue weighted by Crippen LogP contribution is 2.39. The van der Waals surface area contributed by atoms with Gasteiger partial charge in [-0.3, -0.25) is 9.59 Å². The summed E-state index contributed by atoms with van der Waals surface area (Å²) in [5.74, 6) is -2.36. The van der Waals surface area contributed by atoms with E-state index in [9.17, 15) is 14.7 Å². The van der Waals surface area contributed by atoms with Crippen LogP contribution in [0.15, 0.2) is 47.3 Å². The van der Waals surface area contributed by atoms with Crippen LogP contribution in [0.3, 0.4) is 0 Å². The van der Waals surface area contributed by atoms with Crippen LogP contribution < -0.4 is 10.7 Å². The Morgan fingerprint density at radius 2 is 1.79 bits per heavy atom. The first-order valence-corrected chi connectivity index (χ1v) is 8.71. The van der Waals surface area contributed by atoms with Crippen LogP contribution in [0.25, 0.3) is 10.9 Å². The maximum Gasteiger partial charge on any atom is 0.261 e. The van der Waals surface area contributed by atoms with E-state index in [1.165, 1.54) is 39.0 Å². The zero-order chi connectivity index (χ0) is 31.7. The number of rotatable bonds is 2. The minimum Gasteiger partial charge on any atom is -0.508 e. The summed E-state index contributed by atoms with van der Waals surface area (Å²) in [4.78, 5) is 29.2. The average molecular weight is 405 g/mol. The average Bonchev–Trinajstić information content (AvgIpc) is 2.76. The SMILES string of the molecule is [2H]c1[nH]c2ccccc2c(=O)c1C(=O)Nc1c([2H])c(O)c(C(C)(C)C)c([2H])c1C(C([2H])([2H])[2H])(C([2H])([2H])[2H])C([2H])([2H])[2H]. The molecule has 0 fully saturated rings. The van der Waals surface area contributed by atoms with Gasteiger partial charge in [-0.1, -0.05) is 53.5 Å². The summed E-state index contributed by atoms with van der Waals surface area (Å²) < 4.78 is 99.0. The summed E-state index contributed by atoms with van der Waals surface area (Å²) >= 11 is 0. The van der Waals surface area contributed by atoms with E-state index < -0.39 is 89.1 Å². The molecule has 0 aliphatic rings. The first-order valence-electron chi connectivity index (χ1n) is 14.7. The number of nitrogens with one attached hydrogen (secondary N) is 2. The molecule has 0 unspecified atom stereocenters. The number of phenols is 1. The van der Waals surface area contributed by atoms with Gasteiger partial charge in [-0.05, 0) is 40.1 Å². The van der Waals surface area contributed by atoms with Gasteiger partial charge >= 0.3 is 0 Å². The molecule has 3 aromatic rings. The summed E-state index contributed by atoms with van der Waals surface area (Å²) in [5, 5.41) is 13.0. The van der Waals surface area contributed by atoms with E-state index in [1.807, 2.05) is 5.32 Å². The second-order valence-corrected chi connectivity index (χ2v) is 7.68. The molecule has 1 aromatic heterocycles. The number of benzene rings is 2. The number of aromatic amines is 1. The molecule has 3 rings (SSSR count). The van der Waals surface area contributed by atoms with Gasteiger partial charge < -0.3 is 15.4 Å². The van der Waals surface area contributed by atoms with Gasteiger partial charge in [0.1, 0.15) is 11.3 Å². The molecule has 0 radical (unpaired) electrons. The summed E-state index contributed by atoms with van der Waals surface area (Å²) in [7, 11) is 0. The Kier molecular flexibility index (Phi) is 2.46. The third kappa shape index (κ3) is 4.04. The molecule has 2 aromatic carbocycles. The Labute approximate surface area is 187 Å². The first kappa shape index (κ1) is 10.1. The normalized spacial score (nSPS) is 19.6. The maximum atomic E-state index is 13.5. The van der Waals surface area contributed by atoms with Crippen molar-refractivity contribution in [1.29, 1.82) is 0 Å². The number of H-pyrrole nitrogens is 1. The topological polar surface area (TPSA) is 82.2 Å². The van der Waals surface area contributed by atoms with E-state index in [4.69, 9.17) is 16.4 Å². The Morgan fingerprint density at radius 1 is 1.10 bits per heavy atom. The number of anilines is 1. The minimum absolute atomic E-state index is 0.00565. The number of para-hydroxylation sites is 1. The van der Waals surface area contributed by atoms with Gasteiger partial charge in [-0.15, -0.1) is 0 Å². The molecule has 0 spiro atoms. The molecule has 1 amide bonds. The molecule has 0 bridgehead atoms. The molecule has 0 aliphatic heterocycles. The van der Waals surface area contributed by atoms with E-state index in [2.05, 4.69) is 4.98 Å². The summed E-state index contributed by atoms with van der Waals surface area (Å²) in [5.41, 5.74) is -9.39. The third-order valence-corrected chi connectivity index (χ3v) is 4.29. The number of carbonyl (C=O) groups excluding carboxylic acids is 1. The molecule has 0 aliphatic carbocycles. The van der Waals surface area contributed by atoms with Crippen LogP contribution in [0.1, 0.15) is 79.3 Å². The highest BCUT2D eigenvalue weighted by atomic mass is 16.3. The monoisotopic (exact) mass is 404 g/mol. The van der Waals surface area contributed by atoms with Gasteiger partial charge in [0.05, 0.1) is 4.11 Å². The Hall–Kier alpha value is -3.08. The van der Waals surface area contributed by atoms with Crippen LogP contribution in [0, 0.1) is 0 Å². The number of hydrogen-bond acceptors (Lipinski definition) is 3. The molecule has 29 heavy (non-hydrogen) atoms. The number of pyridine rings is 1. The van der Waals surface area contributed by atoms with Crippen LogP contribution in [0.4, 0.5) is 5.69 Å².